The van der Waals surface area contributed by atoms with Crippen molar-refractivity contribution in [3.05, 3.63) is 83.2 Å². The maximum atomic E-state index is 12.9. The summed E-state index contributed by atoms with van der Waals surface area (Å²) in [6, 6.07) is 20.3. The second-order valence-corrected chi connectivity index (χ2v) is 10.0. The van der Waals surface area contributed by atoms with Crippen molar-refractivity contribution < 1.29 is 17.9 Å². The number of rotatable bonds is 5. The van der Waals surface area contributed by atoms with Gasteiger partial charge in [-0.3, -0.25) is 9.10 Å². The summed E-state index contributed by atoms with van der Waals surface area (Å²) < 4.78 is 35.1. The molecule has 32 heavy (non-hydrogen) atoms. The van der Waals surface area contributed by atoms with Crippen LogP contribution in [0.4, 0.5) is 5.69 Å². The van der Waals surface area contributed by atoms with Gasteiger partial charge >= 0.3 is 0 Å². The Balaban J connectivity index is 1.63. The van der Waals surface area contributed by atoms with Gasteiger partial charge in [-0.2, -0.15) is 4.99 Å². The van der Waals surface area contributed by atoms with Crippen LogP contribution in [0.15, 0.2) is 82.7 Å². The van der Waals surface area contributed by atoms with Gasteiger partial charge in [0.05, 0.1) is 27.9 Å². The summed E-state index contributed by atoms with van der Waals surface area (Å²) in [4.78, 5) is 17.6. The third kappa shape index (κ3) is 4.04. The van der Waals surface area contributed by atoms with E-state index in [1.807, 2.05) is 35.9 Å². The van der Waals surface area contributed by atoms with Gasteiger partial charge in [0.2, 0.25) is 0 Å². The molecule has 0 unspecified atom stereocenters. The van der Waals surface area contributed by atoms with Crippen LogP contribution in [0.5, 0.6) is 5.75 Å². The first-order valence-corrected chi connectivity index (χ1v) is 11.9. The number of amides is 1. The number of anilines is 1. The van der Waals surface area contributed by atoms with Gasteiger partial charge in [-0.25, -0.2) is 8.42 Å². The number of benzene rings is 3. The molecule has 0 saturated carbocycles. The topological polar surface area (TPSA) is 81.0 Å². The highest BCUT2D eigenvalue weighted by atomic mass is 32.2. The van der Waals surface area contributed by atoms with E-state index in [-0.39, 0.29) is 4.90 Å². The van der Waals surface area contributed by atoms with Gasteiger partial charge < -0.3 is 9.30 Å². The Hall–Kier alpha value is -3.43. The fraction of sp³-hybridized carbons (Fsp3) is 0.130. The molecular weight excluding hydrogens is 446 g/mol. The number of aromatic nitrogens is 1. The normalized spacial score (nSPS) is 12.2. The molecule has 0 fully saturated rings. The second-order valence-electron chi connectivity index (χ2n) is 7.03. The van der Waals surface area contributed by atoms with E-state index in [4.69, 9.17) is 4.74 Å². The van der Waals surface area contributed by atoms with Gasteiger partial charge in [0.15, 0.2) is 4.80 Å². The van der Waals surface area contributed by atoms with Crippen LogP contribution in [0.3, 0.4) is 0 Å². The molecule has 0 aliphatic rings. The summed E-state index contributed by atoms with van der Waals surface area (Å²) in [5.41, 5.74) is 1.80. The van der Waals surface area contributed by atoms with E-state index in [9.17, 15) is 13.2 Å². The SMILES string of the molecule is COc1ccc2c(c1)sc(=NC(=O)c1ccc(S(=O)(=O)N(C)c3ccccc3)cc1)n2C. The first-order valence-electron chi connectivity index (χ1n) is 9.68. The van der Waals surface area contributed by atoms with Crippen molar-refractivity contribution in [3.8, 4) is 5.75 Å². The maximum absolute atomic E-state index is 12.9. The molecule has 1 amide bonds. The Morgan fingerprint density at radius 1 is 1.03 bits per heavy atom. The van der Waals surface area contributed by atoms with Crippen molar-refractivity contribution in [1.29, 1.82) is 0 Å². The molecule has 4 rings (SSSR count). The Morgan fingerprint density at radius 2 is 1.72 bits per heavy atom. The van der Waals surface area contributed by atoms with Crippen LogP contribution in [-0.2, 0) is 17.1 Å². The predicted octanol–water partition coefficient (Wildman–Crippen LogP) is 3.81. The molecule has 0 saturated heterocycles. The minimum atomic E-state index is -3.75. The van der Waals surface area contributed by atoms with Gasteiger partial charge in [0.25, 0.3) is 15.9 Å². The van der Waals surface area contributed by atoms with Crippen LogP contribution in [0, 0.1) is 0 Å². The van der Waals surface area contributed by atoms with Crippen LogP contribution < -0.4 is 13.8 Å². The Kier molecular flexibility index (Phi) is 5.86. The molecule has 0 N–H and O–H groups in total. The molecular formula is C23H21N3O4S2. The number of ether oxygens (including phenoxy) is 1. The molecule has 164 valence electrons. The van der Waals surface area contributed by atoms with Crippen LogP contribution in [-0.4, -0.2) is 33.0 Å². The first-order chi connectivity index (χ1) is 15.3. The molecule has 0 aliphatic carbocycles. The number of methoxy groups -OCH3 is 1. The third-order valence-electron chi connectivity index (χ3n) is 5.09. The van der Waals surface area contributed by atoms with E-state index in [0.29, 0.717) is 16.1 Å². The van der Waals surface area contributed by atoms with Crippen LogP contribution in [0.25, 0.3) is 10.2 Å². The van der Waals surface area contributed by atoms with Crippen molar-refractivity contribution in [1.82, 2.24) is 4.57 Å². The van der Waals surface area contributed by atoms with E-state index in [2.05, 4.69) is 4.99 Å². The lowest BCUT2D eigenvalue weighted by Crippen LogP contribution is -2.26. The van der Waals surface area contributed by atoms with Gasteiger partial charge in [-0.05, 0) is 54.6 Å². The number of carbonyl (C=O) groups excluding carboxylic acids is 1. The number of nitrogens with zero attached hydrogens (tertiary/aromatic N) is 3. The average molecular weight is 468 g/mol. The number of hydrogen-bond acceptors (Lipinski definition) is 5. The summed E-state index contributed by atoms with van der Waals surface area (Å²) in [6.45, 7) is 0. The number of carbonyl (C=O) groups is 1. The van der Waals surface area contributed by atoms with E-state index < -0.39 is 15.9 Å². The predicted molar refractivity (Wildman–Crippen MR) is 126 cm³/mol. The van der Waals surface area contributed by atoms with Crippen molar-refractivity contribution >= 4 is 43.2 Å². The Labute approximate surface area is 189 Å². The largest absolute Gasteiger partial charge is 0.497 e. The summed E-state index contributed by atoms with van der Waals surface area (Å²) >= 11 is 1.38. The van der Waals surface area contributed by atoms with E-state index in [1.54, 1.807) is 31.4 Å². The zero-order valence-corrected chi connectivity index (χ0v) is 19.4. The van der Waals surface area contributed by atoms with Crippen LogP contribution in [0.1, 0.15) is 10.4 Å². The van der Waals surface area contributed by atoms with Crippen LogP contribution in [0.2, 0.25) is 0 Å². The molecule has 4 aromatic rings. The highest BCUT2D eigenvalue weighted by molar-refractivity contribution is 7.92. The molecule has 9 heteroatoms. The standard InChI is InChI=1S/C23H21N3O4S2/c1-25-20-14-11-18(30-3)15-21(20)31-23(25)24-22(27)16-9-12-19(13-10-16)32(28,29)26(2)17-7-5-4-6-8-17/h4-15H,1-3H3. The molecule has 0 atom stereocenters. The lowest BCUT2D eigenvalue weighted by atomic mass is 10.2. The minimum Gasteiger partial charge on any atom is -0.497 e. The Bertz CT molecular complexity index is 1450. The number of para-hydroxylation sites is 1. The Morgan fingerprint density at radius 3 is 2.38 bits per heavy atom. The lowest BCUT2D eigenvalue weighted by Gasteiger charge is -2.19. The van der Waals surface area contributed by atoms with Crippen LogP contribution >= 0.6 is 11.3 Å². The van der Waals surface area contributed by atoms with E-state index in [0.717, 1.165) is 16.0 Å². The quantitative estimate of drug-likeness (QED) is 0.447. The molecule has 0 radical (unpaired) electrons. The molecule has 7 nitrogen and oxygen atoms in total. The highest BCUT2D eigenvalue weighted by Crippen LogP contribution is 2.23. The second kappa shape index (κ2) is 8.60. The summed E-state index contributed by atoms with van der Waals surface area (Å²) in [5, 5.41) is 0. The monoisotopic (exact) mass is 467 g/mol. The summed E-state index contributed by atoms with van der Waals surface area (Å²) in [7, 11) is 1.19. The fourth-order valence-corrected chi connectivity index (χ4v) is 5.44. The maximum Gasteiger partial charge on any atom is 0.279 e. The lowest BCUT2D eigenvalue weighted by molar-refractivity contribution is 0.0998. The van der Waals surface area contributed by atoms with Gasteiger partial charge in [-0.1, -0.05) is 29.5 Å². The first kappa shape index (κ1) is 21.8. The van der Waals surface area contributed by atoms with Gasteiger partial charge in [0, 0.05) is 19.7 Å². The van der Waals surface area contributed by atoms with Crippen molar-refractivity contribution in [2.75, 3.05) is 18.5 Å². The third-order valence-corrected chi connectivity index (χ3v) is 7.99. The van der Waals surface area contributed by atoms with Crippen molar-refractivity contribution in [2.45, 2.75) is 4.90 Å². The summed E-state index contributed by atoms with van der Waals surface area (Å²) in [6.07, 6.45) is 0. The van der Waals surface area contributed by atoms with Crippen molar-refractivity contribution in [2.24, 2.45) is 12.0 Å². The average Bonchev–Trinajstić information content (AvgIpc) is 3.13. The number of hydrogen-bond donors (Lipinski definition) is 0. The number of sulfonamides is 1. The van der Waals surface area contributed by atoms with Gasteiger partial charge in [0.1, 0.15) is 5.75 Å². The minimum absolute atomic E-state index is 0.0971. The molecule has 1 heterocycles. The smallest absolute Gasteiger partial charge is 0.279 e. The van der Waals surface area contributed by atoms with Gasteiger partial charge in [-0.15, -0.1) is 0 Å². The molecule has 3 aromatic carbocycles. The van der Waals surface area contributed by atoms with Crippen molar-refractivity contribution in [3.63, 3.8) is 0 Å². The van der Waals surface area contributed by atoms with E-state index >= 15 is 0 Å². The molecule has 0 aliphatic heterocycles. The van der Waals surface area contributed by atoms with E-state index in [1.165, 1.54) is 47.0 Å². The molecule has 0 spiro atoms. The molecule has 0 bridgehead atoms. The summed E-state index contributed by atoms with van der Waals surface area (Å²) in [5.74, 6) is 0.286. The number of fused-ring (bicyclic) bond motifs is 1. The zero-order chi connectivity index (χ0) is 22.9. The number of aryl methyl sites for hydroxylation is 1. The number of thiazole rings is 1. The fourth-order valence-electron chi connectivity index (χ4n) is 3.20. The molecule has 1 aromatic heterocycles. The highest BCUT2D eigenvalue weighted by Gasteiger charge is 2.21. The zero-order valence-electron chi connectivity index (χ0n) is 17.7.